The number of anilines is 3. The molecule has 178 valence electrons. The van der Waals surface area contributed by atoms with Crippen LogP contribution in [0.3, 0.4) is 0 Å². The minimum absolute atomic E-state index is 0.0332. The Bertz CT molecular complexity index is 1590. The molecule has 0 bridgehead atoms. The lowest BCUT2D eigenvalue weighted by Crippen LogP contribution is -2.33. The predicted molar refractivity (Wildman–Crippen MR) is 143 cm³/mol. The van der Waals surface area contributed by atoms with Crippen molar-refractivity contribution >= 4 is 57.2 Å². The summed E-state index contributed by atoms with van der Waals surface area (Å²) in [6, 6.07) is 25.7. The number of hydrogen-bond donors (Lipinski definition) is 2. The molecule has 5 rings (SSSR count). The van der Waals surface area contributed by atoms with E-state index in [1.54, 1.807) is 30.3 Å². The summed E-state index contributed by atoms with van der Waals surface area (Å²) in [5.74, 6) is -1.45. The molecule has 0 fully saturated rings. The van der Waals surface area contributed by atoms with E-state index in [1.165, 1.54) is 0 Å². The number of rotatable bonds is 5. The zero-order valence-electron chi connectivity index (χ0n) is 19.6. The van der Waals surface area contributed by atoms with Crippen LogP contribution in [0, 0.1) is 13.8 Å². The van der Waals surface area contributed by atoms with Crippen LogP contribution in [0.25, 0.3) is 10.8 Å². The zero-order chi connectivity index (χ0) is 25.4. The van der Waals surface area contributed by atoms with Gasteiger partial charge in [0.05, 0.1) is 5.69 Å². The maximum Gasteiger partial charge on any atom is 0.283 e. The summed E-state index contributed by atoms with van der Waals surface area (Å²) < 4.78 is 0. The van der Waals surface area contributed by atoms with Crippen molar-refractivity contribution in [2.45, 2.75) is 13.8 Å². The van der Waals surface area contributed by atoms with Crippen molar-refractivity contribution in [1.82, 2.24) is 0 Å². The Morgan fingerprint density at radius 1 is 0.833 bits per heavy atom. The average Bonchev–Trinajstić information content (AvgIpc) is 3.09. The Morgan fingerprint density at radius 3 is 2.42 bits per heavy atom. The molecule has 0 atom stereocenters. The molecule has 1 aliphatic heterocycles. The van der Waals surface area contributed by atoms with Crippen LogP contribution in [0.5, 0.6) is 0 Å². The van der Waals surface area contributed by atoms with Crippen LogP contribution in [-0.4, -0.2) is 17.7 Å². The number of amides is 3. The Balaban J connectivity index is 1.39. The Hall–Kier alpha value is -4.42. The van der Waals surface area contributed by atoms with Gasteiger partial charge in [-0.2, -0.15) is 0 Å². The summed E-state index contributed by atoms with van der Waals surface area (Å²) in [5.41, 5.74) is 3.68. The second kappa shape index (κ2) is 9.32. The predicted octanol–water partition coefficient (Wildman–Crippen LogP) is 6.14. The highest BCUT2D eigenvalue weighted by atomic mass is 35.5. The summed E-state index contributed by atoms with van der Waals surface area (Å²) in [4.78, 5) is 40.2. The van der Waals surface area contributed by atoms with Crippen LogP contribution in [0.2, 0.25) is 0 Å². The first-order valence-electron chi connectivity index (χ1n) is 11.4. The molecule has 2 N–H and O–H groups in total. The minimum atomic E-state index is -0.595. The number of fused-ring (bicyclic) bond motifs is 1. The molecule has 0 saturated heterocycles. The van der Waals surface area contributed by atoms with Gasteiger partial charge in [0.15, 0.2) is 0 Å². The van der Waals surface area contributed by atoms with Crippen LogP contribution in [0.15, 0.2) is 95.7 Å². The van der Waals surface area contributed by atoms with Gasteiger partial charge in [0, 0.05) is 22.3 Å². The Labute approximate surface area is 213 Å². The van der Waals surface area contributed by atoms with Gasteiger partial charge in [-0.3, -0.25) is 14.4 Å². The molecule has 0 aliphatic carbocycles. The number of benzene rings is 4. The number of halogens is 1. The van der Waals surface area contributed by atoms with Crippen molar-refractivity contribution in [3.63, 3.8) is 0 Å². The molecule has 0 aromatic heterocycles. The van der Waals surface area contributed by atoms with E-state index in [1.807, 2.05) is 68.4 Å². The van der Waals surface area contributed by atoms with E-state index in [2.05, 4.69) is 10.6 Å². The first kappa shape index (κ1) is 23.3. The summed E-state index contributed by atoms with van der Waals surface area (Å²) in [7, 11) is 0. The average molecular weight is 496 g/mol. The monoisotopic (exact) mass is 495 g/mol. The summed E-state index contributed by atoms with van der Waals surface area (Å²) in [6.45, 7) is 3.71. The fourth-order valence-electron chi connectivity index (χ4n) is 4.20. The normalized spacial score (nSPS) is 13.5. The topological polar surface area (TPSA) is 78.5 Å². The van der Waals surface area contributed by atoms with Crippen LogP contribution in [0.1, 0.15) is 21.5 Å². The van der Waals surface area contributed by atoms with Gasteiger partial charge < -0.3 is 10.6 Å². The maximum atomic E-state index is 13.2. The molecule has 3 amide bonds. The van der Waals surface area contributed by atoms with Crippen LogP contribution in [0.4, 0.5) is 17.1 Å². The highest BCUT2D eigenvalue weighted by Crippen LogP contribution is 2.32. The fraction of sp³-hybridized carbons (Fsp3) is 0.0690. The van der Waals surface area contributed by atoms with E-state index >= 15 is 0 Å². The molecule has 0 spiro atoms. The van der Waals surface area contributed by atoms with Gasteiger partial charge in [-0.15, -0.1) is 0 Å². The number of nitrogens with one attached hydrogen (secondary N) is 2. The lowest BCUT2D eigenvalue weighted by molar-refractivity contribution is -0.120. The molecule has 4 aromatic carbocycles. The smallest absolute Gasteiger partial charge is 0.283 e. The summed E-state index contributed by atoms with van der Waals surface area (Å²) in [6.07, 6.45) is 0. The third kappa shape index (κ3) is 4.23. The lowest BCUT2D eigenvalue weighted by atomic mass is 10.1. The number of nitrogens with zero attached hydrogens (tertiary/aromatic N) is 1. The maximum absolute atomic E-state index is 13.2. The fourth-order valence-corrected chi connectivity index (χ4v) is 4.41. The first-order valence-corrected chi connectivity index (χ1v) is 11.7. The molecule has 1 heterocycles. The standard InChI is InChI=1S/C29H22ClN3O3/c1-17-13-14-18(2)24(15-17)33-28(35)25(30)26(29(33)36)31-21-10-5-9-20(16-21)27(34)32-23-12-6-8-19-7-3-4-11-22(19)23/h3-16,31H,1-2H3,(H,32,34). The van der Waals surface area contributed by atoms with Gasteiger partial charge in [0.25, 0.3) is 17.7 Å². The van der Waals surface area contributed by atoms with Crippen molar-refractivity contribution in [1.29, 1.82) is 0 Å². The van der Waals surface area contributed by atoms with Gasteiger partial charge in [-0.25, -0.2) is 4.90 Å². The summed E-state index contributed by atoms with van der Waals surface area (Å²) in [5, 5.41) is 7.65. The van der Waals surface area contributed by atoms with Gasteiger partial charge >= 0.3 is 0 Å². The van der Waals surface area contributed by atoms with E-state index < -0.39 is 11.8 Å². The van der Waals surface area contributed by atoms with Gasteiger partial charge in [0.1, 0.15) is 10.7 Å². The molecular weight excluding hydrogens is 474 g/mol. The SMILES string of the molecule is Cc1ccc(C)c(N2C(=O)C(Cl)=C(Nc3cccc(C(=O)Nc4cccc5ccccc45)c3)C2=O)c1. The molecule has 0 radical (unpaired) electrons. The third-order valence-corrected chi connectivity index (χ3v) is 6.42. The van der Waals surface area contributed by atoms with E-state index in [0.717, 1.165) is 26.8 Å². The van der Waals surface area contributed by atoms with Crippen LogP contribution < -0.4 is 15.5 Å². The number of hydrogen-bond acceptors (Lipinski definition) is 4. The third-order valence-electron chi connectivity index (χ3n) is 6.06. The molecule has 1 aliphatic rings. The minimum Gasteiger partial charge on any atom is -0.350 e. The summed E-state index contributed by atoms with van der Waals surface area (Å²) >= 11 is 6.30. The Kier molecular flexibility index (Phi) is 6.04. The van der Waals surface area contributed by atoms with Crippen LogP contribution in [-0.2, 0) is 9.59 Å². The molecule has 6 nitrogen and oxygen atoms in total. The first-order chi connectivity index (χ1) is 17.3. The largest absolute Gasteiger partial charge is 0.350 e. The Morgan fingerprint density at radius 2 is 1.58 bits per heavy atom. The van der Waals surface area contributed by atoms with E-state index in [9.17, 15) is 14.4 Å². The van der Waals surface area contributed by atoms with E-state index in [0.29, 0.717) is 22.6 Å². The molecule has 0 saturated carbocycles. The van der Waals surface area contributed by atoms with Crippen molar-refractivity contribution < 1.29 is 14.4 Å². The molecule has 4 aromatic rings. The number of carbonyl (C=O) groups is 3. The molecule has 36 heavy (non-hydrogen) atoms. The second-order valence-corrected chi connectivity index (χ2v) is 8.99. The van der Waals surface area contributed by atoms with E-state index in [-0.39, 0.29) is 16.6 Å². The highest BCUT2D eigenvalue weighted by Gasteiger charge is 2.39. The number of aryl methyl sites for hydroxylation is 2. The van der Waals surface area contributed by atoms with Crippen LogP contribution >= 0.6 is 11.6 Å². The zero-order valence-corrected chi connectivity index (χ0v) is 20.4. The van der Waals surface area contributed by atoms with Crippen molar-refractivity contribution in [3.05, 3.63) is 112 Å². The van der Waals surface area contributed by atoms with E-state index in [4.69, 9.17) is 11.6 Å². The number of carbonyl (C=O) groups excluding carboxylic acids is 3. The van der Waals surface area contributed by atoms with Crippen molar-refractivity contribution in [2.24, 2.45) is 0 Å². The second-order valence-electron chi connectivity index (χ2n) is 8.61. The number of imide groups is 1. The van der Waals surface area contributed by atoms with Gasteiger partial charge in [-0.1, -0.05) is 66.2 Å². The van der Waals surface area contributed by atoms with Crippen molar-refractivity contribution in [2.75, 3.05) is 15.5 Å². The lowest BCUT2D eigenvalue weighted by Gasteiger charge is -2.18. The molecule has 0 unspecified atom stereocenters. The molecular formula is C29H22ClN3O3. The van der Waals surface area contributed by atoms with Crippen molar-refractivity contribution in [3.8, 4) is 0 Å². The molecule has 7 heteroatoms. The van der Waals surface area contributed by atoms with Gasteiger partial charge in [0.2, 0.25) is 0 Å². The highest BCUT2D eigenvalue weighted by molar-refractivity contribution is 6.53. The van der Waals surface area contributed by atoms with Gasteiger partial charge in [-0.05, 0) is 60.7 Å². The quantitative estimate of drug-likeness (QED) is 0.326.